The zero-order valence-corrected chi connectivity index (χ0v) is 12.4. The smallest absolute Gasteiger partial charge is 0.446 e. The molecule has 8 heteroatoms. The summed E-state index contributed by atoms with van der Waals surface area (Å²) in [6.45, 7) is 1.42. The van der Waals surface area contributed by atoms with E-state index in [1.807, 2.05) is 0 Å². The van der Waals surface area contributed by atoms with E-state index in [1.165, 1.54) is 36.1 Å². The third-order valence-electron chi connectivity index (χ3n) is 3.28. The van der Waals surface area contributed by atoms with Gasteiger partial charge in [0.15, 0.2) is 0 Å². The molecule has 0 aromatic heterocycles. The lowest BCUT2D eigenvalue weighted by Crippen LogP contribution is -2.44. The topological polar surface area (TPSA) is 57.6 Å². The van der Waals surface area contributed by atoms with Crippen molar-refractivity contribution >= 4 is 23.6 Å². The minimum Gasteiger partial charge on any atom is -0.480 e. The Labute approximate surface area is 129 Å². The summed E-state index contributed by atoms with van der Waals surface area (Å²) in [5, 5.41) is 9.07. The summed E-state index contributed by atoms with van der Waals surface area (Å²) in [4.78, 5) is 24.8. The molecule has 1 N–H and O–H groups in total. The molecule has 1 unspecified atom stereocenters. The first-order valence-corrected chi connectivity index (χ1v) is 7.42. The Kier molecular flexibility index (Phi) is 4.69. The maximum absolute atomic E-state index is 12.4. The van der Waals surface area contributed by atoms with Crippen molar-refractivity contribution in [3.63, 3.8) is 0 Å². The molecule has 0 heterocycles. The second-order valence-electron chi connectivity index (χ2n) is 5.03. The average Bonchev–Trinajstić information content (AvgIpc) is 3.22. The Balaban J connectivity index is 2.15. The normalized spacial score (nSPS) is 16.2. The molecule has 0 spiro atoms. The van der Waals surface area contributed by atoms with Crippen molar-refractivity contribution < 1.29 is 27.9 Å². The van der Waals surface area contributed by atoms with Crippen LogP contribution in [0.2, 0.25) is 0 Å². The van der Waals surface area contributed by atoms with Gasteiger partial charge in [-0.15, -0.1) is 0 Å². The van der Waals surface area contributed by atoms with Gasteiger partial charge in [0.1, 0.15) is 6.04 Å². The van der Waals surface area contributed by atoms with Crippen LogP contribution in [0.25, 0.3) is 0 Å². The molecule has 1 aromatic carbocycles. The second kappa shape index (κ2) is 6.20. The van der Waals surface area contributed by atoms with Crippen molar-refractivity contribution in [3.05, 3.63) is 29.8 Å². The number of nitrogens with zero attached hydrogens (tertiary/aromatic N) is 1. The summed E-state index contributed by atoms with van der Waals surface area (Å²) < 4.78 is 36.8. The molecule has 1 amide bonds. The minimum absolute atomic E-state index is 0.0201. The molecule has 0 radical (unpaired) electrons. The standard InChI is InChI=1S/C14H14F3NO3S/c1-8(13(20)21)18(10-4-5-10)12(19)9-2-6-11(7-3-9)22-14(15,16)17/h2-3,6-8,10H,4-5H2,1H3,(H,20,21). The second-order valence-corrected chi connectivity index (χ2v) is 6.17. The average molecular weight is 333 g/mol. The predicted octanol–water partition coefficient (Wildman–Crippen LogP) is 3.38. The largest absolute Gasteiger partial charge is 0.480 e. The molecular weight excluding hydrogens is 319 g/mol. The van der Waals surface area contributed by atoms with Crippen LogP contribution in [0.1, 0.15) is 30.1 Å². The number of benzene rings is 1. The van der Waals surface area contributed by atoms with Crippen molar-refractivity contribution in [1.82, 2.24) is 4.90 Å². The Morgan fingerprint density at radius 2 is 1.82 bits per heavy atom. The molecule has 120 valence electrons. The van der Waals surface area contributed by atoms with E-state index < -0.39 is 23.4 Å². The maximum Gasteiger partial charge on any atom is 0.446 e. The predicted molar refractivity (Wildman–Crippen MR) is 74.6 cm³/mol. The number of halogens is 3. The van der Waals surface area contributed by atoms with Crippen LogP contribution in [-0.4, -0.2) is 39.5 Å². The van der Waals surface area contributed by atoms with Crippen LogP contribution in [0.3, 0.4) is 0 Å². The monoisotopic (exact) mass is 333 g/mol. The quantitative estimate of drug-likeness (QED) is 0.839. The molecule has 1 aliphatic carbocycles. The number of amides is 1. The highest BCUT2D eigenvalue weighted by molar-refractivity contribution is 8.00. The molecular formula is C14H14F3NO3S. The van der Waals surface area contributed by atoms with Gasteiger partial charge in [0.25, 0.3) is 5.91 Å². The van der Waals surface area contributed by atoms with Crippen LogP contribution in [0.4, 0.5) is 13.2 Å². The molecule has 1 atom stereocenters. The lowest BCUT2D eigenvalue weighted by molar-refractivity contribution is -0.141. The number of rotatable bonds is 5. The van der Waals surface area contributed by atoms with E-state index in [4.69, 9.17) is 5.11 Å². The highest BCUT2D eigenvalue weighted by atomic mass is 32.2. The number of carbonyl (C=O) groups excluding carboxylic acids is 1. The van der Waals surface area contributed by atoms with Crippen LogP contribution in [-0.2, 0) is 4.79 Å². The zero-order chi connectivity index (χ0) is 16.5. The molecule has 0 aliphatic heterocycles. The van der Waals surface area contributed by atoms with Crippen LogP contribution in [0.15, 0.2) is 29.2 Å². The van der Waals surface area contributed by atoms with Gasteiger partial charge in [-0.3, -0.25) is 4.79 Å². The summed E-state index contributed by atoms with van der Waals surface area (Å²) in [5.74, 6) is -1.58. The molecule has 0 saturated heterocycles. The molecule has 1 aromatic rings. The number of aliphatic carboxylic acids is 1. The van der Waals surface area contributed by atoms with E-state index in [1.54, 1.807) is 0 Å². The number of alkyl halides is 3. The molecule has 2 rings (SSSR count). The van der Waals surface area contributed by atoms with Crippen molar-refractivity contribution in [2.45, 2.75) is 42.3 Å². The molecule has 22 heavy (non-hydrogen) atoms. The minimum atomic E-state index is -4.39. The lowest BCUT2D eigenvalue weighted by atomic mass is 10.1. The van der Waals surface area contributed by atoms with E-state index in [9.17, 15) is 22.8 Å². The fourth-order valence-corrected chi connectivity index (χ4v) is 2.62. The first kappa shape index (κ1) is 16.7. The lowest BCUT2D eigenvalue weighted by Gasteiger charge is -2.26. The van der Waals surface area contributed by atoms with Gasteiger partial charge >= 0.3 is 11.5 Å². The molecule has 1 saturated carbocycles. The van der Waals surface area contributed by atoms with E-state index in [-0.39, 0.29) is 28.3 Å². The number of thioether (sulfide) groups is 1. The van der Waals surface area contributed by atoms with Crippen LogP contribution < -0.4 is 0 Å². The van der Waals surface area contributed by atoms with Gasteiger partial charge < -0.3 is 10.0 Å². The third kappa shape index (κ3) is 4.16. The number of carbonyl (C=O) groups is 2. The van der Waals surface area contributed by atoms with E-state index >= 15 is 0 Å². The molecule has 4 nitrogen and oxygen atoms in total. The van der Waals surface area contributed by atoms with Gasteiger partial charge in [0.05, 0.1) is 0 Å². The highest BCUT2D eigenvalue weighted by Crippen LogP contribution is 2.37. The third-order valence-corrected chi connectivity index (χ3v) is 4.02. The van der Waals surface area contributed by atoms with E-state index in [0.717, 1.165) is 12.8 Å². The number of carboxylic acid groups (broad SMARTS) is 1. The van der Waals surface area contributed by atoms with Crippen LogP contribution >= 0.6 is 11.8 Å². The van der Waals surface area contributed by atoms with Crippen LogP contribution in [0.5, 0.6) is 0 Å². The van der Waals surface area contributed by atoms with Gasteiger partial charge in [-0.05, 0) is 55.8 Å². The zero-order valence-electron chi connectivity index (χ0n) is 11.6. The number of carboxylic acids is 1. The summed E-state index contributed by atoms with van der Waals surface area (Å²) in [5.41, 5.74) is -4.20. The highest BCUT2D eigenvalue weighted by Gasteiger charge is 2.38. The van der Waals surface area contributed by atoms with E-state index in [2.05, 4.69) is 0 Å². The van der Waals surface area contributed by atoms with Crippen molar-refractivity contribution in [2.75, 3.05) is 0 Å². The van der Waals surface area contributed by atoms with Crippen molar-refractivity contribution in [2.24, 2.45) is 0 Å². The fourth-order valence-electron chi connectivity index (χ4n) is 2.08. The van der Waals surface area contributed by atoms with E-state index in [0.29, 0.717) is 0 Å². The first-order chi connectivity index (χ1) is 10.2. The summed E-state index contributed by atoms with van der Waals surface area (Å²) in [7, 11) is 0. The Bertz CT molecular complexity index is 570. The first-order valence-electron chi connectivity index (χ1n) is 6.60. The molecule has 1 aliphatic rings. The van der Waals surface area contributed by atoms with Crippen LogP contribution in [0, 0.1) is 0 Å². The Morgan fingerprint density at radius 1 is 1.27 bits per heavy atom. The molecule has 1 fully saturated rings. The van der Waals surface area contributed by atoms with Gasteiger partial charge in [-0.25, -0.2) is 4.79 Å². The fraction of sp³-hybridized carbons (Fsp3) is 0.429. The summed E-state index contributed by atoms with van der Waals surface area (Å²) in [6.07, 6.45) is 1.48. The van der Waals surface area contributed by atoms with Crippen molar-refractivity contribution in [3.8, 4) is 0 Å². The maximum atomic E-state index is 12.4. The SMILES string of the molecule is CC(C(=O)O)N(C(=O)c1ccc(SC(F)(F)F)cc1)C1CC1. The number of hydrogen-bond acceptors (Lipinski definition) is 3. The summed E-state index contributed by atoms with van der Waals surface area (Å²) in [6, 6.07) is 3.93. The van der Waals surface area contributed by atoms with Gasteiger partial charge in [-0.2, -0.15) is 13.2 Å². The Hall–Kier alpha value is -1.70. The summed E-state index contributed by atoms with van der Waals surface area (Å²) >= 11 is -0.260. The Morgan fingerprint density at radius 3 is 2.23 bits per heavy atom. The number of hydrogen-bond donors (Lipinski definition) is 1. The van der Waals surface area contributed by atoms with Crippen molar-refractivity contribution in [1.29, 1.82) is 0 Å². The van der Waals surface area contributed by atoms with Gasteiger partial charge in [-0.1, -0.05) is 0 Å². The van der Waals surface area contributed by atoms with Gasteiger partial charge in [0.2, 0.25) is 0 Å². The molecule has 0 bridgehead atoms. The van der Waals surface area contributed by atoms with Gasteiger partial charge in [0, 0.05) is 16.5 Å².